The van der Waals surface area contributed by atoms with Crippen molar-refractivity contribution in [2.24, 2.45) is 0 Å². The number of hydrogen-bond donors (Lipinski definition) is 1. The first-order valence-electron chi connectivity index (χ1n) is 8.64. The lowest BCUT2D eigenvalue weighted by atomic mass is 10.1. The highest BCUT2D eigenvalue weighted by Crippen LogP contribution is 2.25. The first-order valence-corrected chi connectivity index (χ1v) is 8.64. The van der Waals surface area contributed by atoms with Crippen molar-refractivity contribution in [1.29, 1.82) is 0 Å². The Morgan fingerprint density at radius 1 is 1.15 bits per heavy atom. The number of aryl methyl sites for hydroxylation is 1. The number of benzene rings is 2. The number of carbonyl (C=O) groups is 1. The third-order valence-corrected chi connectivity index (χ3v) is 4.61. The second-order valence-electron chi connectivity index (χ2n) is 6.42. The maximum atomic E-state index is 13.1. The number of ether oxygens (including phenoxy) is 1. The minimum atomic E-state index is -0.270. The van der Waals surface area contributed by atoms with Gasteiger partial charge in [0.15, 0.2) is 0 Å². The molecule has 3 aromatic rings. The van der Waals surface area contributed by atoms with Crippen LogP contribution in [0.5, 0.6) is 5.75 Å². The number of halogens is 1. The summed E-state index contributed by atoms with van der Waals surface area (Å²) in [6.07, 6.45) is 0. The summed E-state index contributed by atoms with van der Waals surface area (Å²) < 4.78 is 20.2. The van der Waals surface area contributed by atoms with Crippen LogP contribution in [0.4, 0.5) is 10.1 Å². The van der Waals surface area contributed by atoms with Crippen molar-refractivity contribution in [3.8, 4) is 5.75 Å². The van der Waals surface area contributed by atoms with E-state index in [1.165, 1.54) is 12.1 Å². The summed E-state index contributed by atoms with van der Waals surface area (Å²) in [5.74, 6) is 0.191. The van der Waals surface area contributed by atoms with E-state index < -0.39 is 0 Å². The van der Waals surface area contributed by atoms with Gasteiger partial charge in [-0.2, -0.15) is 5.10 Å². The average Bonchev–Trinajstić information content (AvgIpc) is 2.91. The summed E-state index contributed by atoms with van der Waals surface area (Å²) in [6.45, 7) is 6.10. The first kappa shape index (κ1) is 18.6. The molecular formula is C21H22FN3O2. The molecule has 140 valence electrons. The number of amides is 1. The molecule has 1 amide bonds. The molecule has 27 heavy (non-hydrogen) atoms. The van der Waals surface area contributed by atoms with E-state index in [1.54, 1.807) is 36.1 Å². The summed E-state index contributed by atoms with van der Waals surface area (Å²) in [6, 6.07) is 11.7. The molecule has 0 aliphatic heterocycles. The molecule has 0 spiro atoms. The summed E-state index contributed by atoms with van der Waals surface area (Å²) in [7, 11) is 1.58. The van der Waals surface area contributed by atoms with E-state index in [0.29, 0.717) is 23.5 Å². The summed E-state index contributed by atoms with van der Waals surface area (Å²) >= 11 is 0. The smallest absolute Gasteiger partial charge is 0.256 e. The molecular weight excluding hydrogens is 345 g/mol. The monoisotopic (exact) mass is 367 g/mol. The number of nitrogens with zero attached hydrogens (tertiary/aromatic N) is 2. The van der Waals surface area contributed by atoms with Crippen molar-refractivity contribution in [1.82, 2.24) is 9.78 Å². The van der Waals surface area contributed by atoms with Gasteiger partial charge in [0.2, 0.25) is 0 Å². The van der Waals surface area contributed by atoms with Crippen LogP contribution in [0.3, 0.4) is 0 Å². The summed E-state index contributed by atoms with van der Waals surface area (Å²) in [5, 5.41) is 7.48. The van der Waals surface area contributed by atoms with Crippen LogP contribution >= 0.6 is 0 Å². The molecule has 5 nitrogen and oxygen atoms in total. The lowest BCUT2D eigenvalue weighted by molar-refractivity contribution is 0.102. The molecule has 0 aliphatic rings. The second kappa shape index (κ2) is 7.61. The zero-order valence-corrected chi connectivity index (χ0v) is 15.8. The number of hydrogen-bond acceptors (Lipinski definition) is 3. The number of aromatic nitrogens is 2. The highest BCUT2D eigenvalue weighted by atomic mass is 19.1. The van der Waals surface area contributed by atoms with Crippen LogP contribution < -0.4 is 10.1 Å². The minimum absolute atomic E-state index is 0.209. The molecule has 3 rings (SSSR count). The van der Waals surface area contributed by atoms with Crippen LogP contribution in [0.1, 0.15) is 32.9 Å². The van der Waals surface area contributed by atoms with Gasteiger partial charge in [-0.05, 0) is 50.6 Å². The number of rotatable bonds is 5. The Morgan fingerprint density at radius 2 is 1.85 bits per heavy atom. The van der Waals surface area contributed by atoms with E-state index in [1.807, 2.05) is 26.8 Å². The molecule has 1 aromatic heterocycles. The second-order valence-corrected chi connectivity index (χ2v) is 6.42. The standard InChI is InChI=1S/C21H22FN3O2/c1-13-18(6-5-7-19(13)27-4)21(26)23-20-14(2)24-25(15(20)3)12-16-8-10-17(22)11-9-16/h5-11H,12H2,1-4H3,(H,23,26). The lowest BCUT2D eigenvalue weighted by Crippen LogP contribution is -2.15. The molecule has 1 heterocycles. The van der Waals surface area contributed by atoms with Crippen LogP contribution in [-0.4, -0.2) is 22.8 Å². The van der Waals surface area contributed by atoms with Gasteiger partial charge in [0.1, 0.15) is 11.6 Å². The molecule has 0 aliphatic carbocycles. The van der Waals surface area contributed by atoms with Crippen molar-refractivity contribution >= 4 is 11.6 Å². The van der Waals surface area contributed by atoms with Gasteiger partial charge in [-0.3, -0.25) is 9.48 Å². The van der Waals surface area contributed by atoms with E-state index in [4.69, 9.17) is 4.74 Å². The molecule has 0 atom stereocenters. The SMILES string of the molecule is COc1cccc(C(=O)Nc2c(C)nn(Cc3ccc(F)cc3)c2C)c1C. The van der Waals surface area contributed by atoms with Gasteiger partial charge in [-0.25, -0.2) is 4.39 Å². The predicted octanol–water partition coefficient (Wildman–Crippen LogP) is 4.26. The van der Waals surface area contributed by atoms with Gasteiger partial charge in [-0.15, -0.1) is 0 Å². The molecule has 0 bridgehead atoms. The van der Waals surface area contributed by atoms with Gasteiger partial charge in [0.05, 0.1) is 30.7 Å². The summed E-state index contributed by atoms with van der Waals surface area (Å²) in [4.78, 5) is 12.8. The van der Waals surface area contributed by atoms with E-state index in [0.717, 1.165) is 22.5 Å². The third-order valence-electron chi connectivity index (χ3n) is 4.61. The Balaban J connectivity index is 1.84. The normalized spacial score (nSPS) is 10.7. The maximum Gasteiger partial charge on any atom is 0.256 e. The molecule has 0 unspecified atom stereocenters. The zero-order valence-electron chi connectivity index (χ0n) is 15.8. The highest BCUT2D eigenvalue weighted by molar-refractivity contribution is 6.06. The van der Waals surface area contributed by atoms with Gasteiger partial charge in [0, 0.05) is 11.1 Å². The van der Waals surface area contributed by atoms with Crippen molar-refractivity contribution in [2.45, 2.75) is 27.3 Å². The zero-order chi connectivity index (χ0) is 19.6. The highest BCUT2D eigenvalue weighted by Gasteiger charge is 2.18. The topological polar surface area (TPSA) is 56.1 Å². The number of anilines is 1. The van der Waals surface area contributed by atoms with Crippen molar-refractivity contribution in [2.75, 3.05) is 12.4 Å². The van der Waals surface area contributed by atoms with Crippen LogP contribution in [-0.2, 0) is 6.54 Å². The Bertz CT molecular complexity index is 978. The quantitative estimate of drug-likeness (QED) is 0.733. The minimum Gasteiger partial charge on any atom is -0.496 e. The van der Waals surface area contributed by atoms with Crippen molar-refractivity contribution in [3.63, 3.8) is 0 Å². The van der Waals surface area contributed by atoms with Crippen LogP contribution in [0.15, 0.2) is 42.5 Å². The van der Waals surface area contributed by atoms with Crippen molar-refractivity contribution < 1.29 is 13.9 Å². The molecule has 0 saturated carbocycles. The fourth-order valence-electron chi connectivity index (χ4n) is 3.06. The molecule has 1 N–H and O–H groups in total. The number of nitrogens with one attached hydrogen (secondary N) is 1. The Morgan fingerprint density at radius 3 is 2.52 bits per heavy atom. The fourth-order valence-corrected chi connectivity index (χ4v) is 3.06. The Labute approximate surface area is 157 Å². The summed E-state index contributed by atoms with van der Waals surface area (Å²) in [5.41, 5.74) is 4.52. The van der Waals surface area contributed by atoms with Crippen LogP contribution in [0.25, 0.3) is 0 Å². The van der Waals surface area contributed by atoms with Gasteiger partial charge >= 0.3 is 0 Å². The van der Waals surface area contributed by atoms with Crippen LogP contribution in [0.2, 0.25) is 0 Å². The first-order chi connectivity index (χ1) is 12.9. The van der Waals surface area contributed by atoms with Gasteiger partial charge in [-0.1, -0.05) is 18.2 Å². The fraction of sp³-hybridized carbons (Fsp3) is 0.238. The van der Waals surface area contributed by atoms with Crippen LogP contribution in [0, 0.1) is 26.6 Å². The predicted molar refractivity (Wildman–Crippen MR) is 103 cm³/mol. The molecule has 0 radical (unpaired) electrons. The lowest BCUT2D eigenvalue weighted by Gasteiger charge is -2.11. The number of carbonyl (C=O) groups excluding carboxylic acids is 1. The Hall–Kier alpha value is -3.15. The Kier molecular flexibility index (Phi) is 5.26. The molecule has 2 aromatic carbocycles. The van der Waals surface area contributed by atoms with Crippen molar-refractivity contribution in [3.05, 3.63) is 76.4 Å². The van der Waals surface area contributed by atoms with Gasteiger partial charge in [0.25, 0.3) is 5.91 Å². The van der Waals surface area contributed by atoms with E-state index in [2.05, 4.69) is 10.4 Å². The molecule has 6 heteroatoms. The molecule has 0 saturated heterocycles. The average molecular weight is 367 g/mol. The largest absolute Gasteiger partial charge is 0.496 e. The maximum absolute atomic E-state index is 13.1. The van der Waals surface area contributed by atoms with E-state index >= 15 is 0 Å². The third kappa shape index (κ3) is 3.84. The number of methoxy groups -OCH3 is 1. The van der Waals surface area contributed by atoms with E-state index in [9.17, 15) is 9.18 Å². The van der Waals surface area contributed by atoms with Gasteiger partial charge < -0.3 is 10.1 Å². The van der Waals surface area contributed by atoms with E-state index in [-0.39, 0.29) is 11.7 Å². The molecule has 0 fully saturated rings.